The van der Waals surface area contributed by atoms with E-state index in [1.54, 1.807) is 6.92 Å². The molecular weight excluding hydrogens is 236 g/mol. The van der Waals surface area contributed by atoms with Gasteiger partial charge < -0.3 is 9.53 Å². The molecular formula is C17H26O2. The molecule has 0 aliphatic carbocycles. The second-order valence-electron chi connectivity index (χ2n) is 5.61. The van der Waals surface area contributed by atoms with Crippen molar-refractivity contribution in [3.05, 3.63) is 28.8 Å². The first-order valence-corrected chi connectivity index (χ1v) is 7.16. The van der Waals surface area contributed by atoms with Gasteiger partial charge in [-0.3, -0.25) is 0 Å². The van der Waals surface area contributed by atoms with Crippen molar-refractivity contribution < 1.29 is 9.53 Å². The number of rotatable bonds is 7. The molecule has 1 rings (SSSR count). The summed E-state index contributed by atoms with van der Waals surface area (Å²) in [4.78, 5) is 11.1. The van der Waals surface area contributed by atoms with Crippen LogP contribution in [0.1, 0.15) is 50.3 Å². The zero-order valence-corrected chi connectivity index (χ0v) is 12.9. The Balaban J connectivity index is 2.80. The Hall–Kier alpha value is -1.31. The van der Waals surface area contributed by atoms with E-state index in [0.29, 0.717) is 12.3 Å². The van der Waals surface area contributed by atoms with Gasteiger partial charge in [-0.15, -0.1) is 0 Å². The lowest BCUT2D eigenvalue weighted by atomic mass is 9.92. The topological polar surface area (TPSA) is 26.3 Å². The summed E-state index contributed by atoms with van der Waals surface area (Å²) in [5.74, 6) is 1.66. The van der Waals surface area contributed by atoms with Crippen LogP contribution in [-0.4, -0.2) is 12.4 Å². The lowest BCUT2D eigenvalue weighted by Gasteiger charge is -2.15. The first-order valence-electron chi connectivity index (χ1n) is 7.16. The molecule has 0 N–H and O–H groups in total. The fourth-order valence-electron chi connectivity index (χ4n) is 2.38. The summed E-state index contributed by atoms with van der Waals surface area (Å²) >= 11 is 0. The van der Waals surface area contributed by atoms with Crippen LogP contribution in [0.3, 0.4) is 0 Å². The van der Waals surface area contributed by atoms with Gasteiger partial charge in [0.2, 0.25) is 0 Å². The molecule has 0 saturated heterocycles. The van der Waals surface area contributed by atoms with Crippen LogP contribution in [0.25, 0.3) is 0 Å². The van der Waals surface area contributed by atoms with Crippen molar-refractivity contribution in [1.82, 2.24) is 0 Å². The fourth-order valence-corrected chi connectivity index (χ4v) is 2.38. The maximum absolute atomic E-state index is 11.1. The van der Waals surface area contributed by atoms with Crippen LogP contribution in [-0.2, 0) is 11.2 Å². The van der Waals surface area contributed by atoms with E-state index in [0.717, 1.165) is 25.2 Å². The van der Waals surface area contributed by atoms with E-state index in [9.17, 15) is 4.79 Å². The summed E-state index contributed by atoms with van der Waals surface area (Å²) in [5, 5.41) is 0. The molecule has 1 aromatic rings. The van der Waals surface area contributed by atoms with Gasteiger partial charge >= 0.3 is 0 Å². The van der Waals surface area contributed by atoms with Crippen molar-refractivity contribution in [3.8, 4) is 5.75 Å². The van der Waals surface area contributed by atoms with Crippen molar-refractivity contribution >= 4 is 5.78 Å². The van der Waals surface area contributed by atoms with E-state index in [1.165, 1.54) is 16.7 Å². The quantitative estimate of drug-likeness (QED) is 0.734. The van der Waals surface area contributed by atoms with Crippen LogP contribution in [0.2, 0.25) is 0 Å². The molecule has 0 bridgehead atoms. The molecule has 106 valence electrons. The van der Waals surface area contributed by atoms with Crippen LogP contribution in [0.4, 0.5) is 0 Å². The van der Waals surface area contributed by atoms with Crippen LogP contribution in [0.5, 0.6) is 5.75 Å². The Kier molecular flexibility index (Phi) is 6.07. The van der Waals surface area contributed by atoms with E-state index in [2.05, 4.69) is 39.8 Å². The number of aryl methyl sites for hydroxylation is 2. The number of hydrogen-bond donors (Lipinski definition) is 0. The van der Waals surface area contributed by atoms with Crippen LogP contribution in [0, 0.1) is 19.8 Å². The van der Waals surface area contributed by atoms with Crippen molar-refractivity contribution in [2.75, 3.05) is 6.61 Å². The number of ether oxygens (including phenoxy) is 1. The standard InChI is InChI=1S/C17H26O2/c1-6-7-19-17-11-13(3)16(10-14(17)4)9-12(2)8-15(5)18/h10-12H,6-9H2,1-5H3. The molecule has 0 heterocycles. The summed E-state index contributed by atoms with van der Waals surface area (Å²) in [6.07, 6.45) is 2.64. The molecule has 1 atom stereocenters. The Morgan fingerprint density at radius 3 is 2.53 bits per heavy atom. The second kappa shape index (κ2) is 7.32. The molecule has 0 fully saturated rings. The molecule has 19 heavy (non-hydrogen) atoms. The molecule has 0 amide bonds. The highest BCUT2D eigenvalue weighted by Gasteiger charge is 2.11. The van der Waals surface area contributed by atoms with E-state index >= 15 is 0 Å². The van der Waals surface area contributed by atoms with Gasteiger partial charge in [0.15, 0.2) is 0 Å². The molecule has 0 aliphatic rings. The molecule has 1 unspecified atom stereocenters. The largest absolute Gasteiger partial charge is 0.493 e. The second-order valence-corrected chi connectivity index (χ2v) is 5.61. The molecule has 2 nitrogen and oxygen atoms in total. The highest BCUT2D eigenvalue weighted by atomic mass is 16.5. The Morgan fingerprint density at radius 2 is 1.95 bits per heavy atom. The summed E-state index contributed by atoms with van der Waals surface area (Å²) in [6, 6.07) is 4.33. The first-order chi connectivity index (χ1) is 8.93. The smallest absolute Gasteiger partial charge is 0.130 e. The molecule has 0 spiro atoms. The Labute approximate surface area is 117 Å². The molecule has 0 saturated carbocycles. The normalized spacial score (nSPS) is 12.3. The van der Waals surface area contributed by atoms with Gasteiger partial charge in [-0.25, -0.2) is 0 Å². The predicted octanol–water partition coefficient (Wildman–Crippen LogP) is 4.25. The lowest BCUT2D eigenvalue weighted by Crippen LogP contribution is -2.07. The average molecular weight is 262 g/mol. The Bertz CT molecular complexity index is 435. The van der Waals surface area contributed by atoms with Crippen LogP contribution in [0.15, 0.2) is 12.1 Å². The van der Waals surface area contributed by atoms with E-state index in [-0.39, 0.29) is 5.78 Å². The minimum absolute atomic E-state index is 0.268. The zero-order valence-electron chi connectivity index (χ0n) is 12.9. The van der Waals surface area contributed by atoms with Crippen LogP contribution >= 0.6 is 0 Å². The summed E-state index contributed by atoms with van der Waals surface area (Å²) < 4.78 is 5.74. The number of hydrogen-bond acceptors (Lipinski definition) is 2. The third-order valence-corrected chi connectivity index (χ3v) is 3.30. The highest BCUT2D eigenvalue weighted by molar-refractivity contribution is 5.75. The van der Waals surface area contributed by atoms with Gasteiger partial charge in [-0.1, -0.05) is 19.9 Å². The number of Topliss-reactive ketones (excluding diaryl/α,β-unsaturated/α-hetero) is 1. The SMILES string of the molecule is CCCOc1cc(C)c(CC(C)CC(C)=O)cc1C. The van der Waals surface area contributed by atoms with Crippen molar-refractivity contribution in [3.63, 3.8) is 0 Å². The summed E-state index contributed by atoms with van der Waals surface area (Å²) in [7, 11) is 0. The van der Waals surface area contributed by atoms with Gasteiger partial charge in [0.25, 0.3) is 0 Å². The van der Waals surface area contributed by atoms with Gasteiger partial charge in [-0.05, 0) is 62.3 Å². The highest BCUT2D eigenvalue weighted by Crippen LogP contribution is 2.25. The van der Waals surface area contributed by atoms with Crippen molar-refractivity contribution in [2.24, 2.45) is 5.92 Å². The zero-order chi connectivity index (χ0) is 14.4. The third-order valence-electron chi connectivity index (χ3n) is 3.30. The molecule has 0 radical (unpaired) electrons. The summed E-state index contributed by atoms with van der Waals surface area (Å²) in [5.41, 5.74) is 3.77. The van der Waals surface area contributed by atoms with Crippen molar-refractivity contribution in [1.29, 1.82) is 0 Å². The minimum Gasteiger partial charge on any atom is -0.493 e. The third kappa shape index (κ3) is 5.06. The van der Waals surface area contributed by atoms with E-state index < -0.39 is 0 Å². The van der Waals surface area contributed by atoms with E-state index in [1.807, 2.05) is 0 Å². The van der Waals surface area contributed by atoms with Gasteiger partial charge in [0, 0.05) is 6.42 Å². The maximum atomic E-state index is 11.1. The average Bonchev–Trinajstić information content (AvgIpc) is 2.30. The van der Waals surface area contributed by atoms with Gasteiger partial charge in [0.1, 0.15) is 11.5 Å². The van der Waals surface area contributed by atoms with Gasteiger partial charge in [0.05, 0.1) is 6.61 Å². The molecule has 0 aliphatic heterocycles. The monoisotopic (exact) mass is 262 g/mol. The first kappa shape index (κ1) is 15.7. The van der Waals surface area contributed by atoms with Crippen LogP contribution < -0.4 is 4.74 Å². The number of benzene rings is 1. The number of ketones is 1. The maximum Gasteiger partial charge on any atom is 0.130 e. The number of carbonyl (C=O) groups is 1. The van der Waals surface area contributed by atoms with E-state index in [4.69, 9.17) is 4.74 Å². The molecule has 1 aromatic carbocycles. The predicted molar refractivity (Wildman–Crippen MR) is 79.9 cm³/mol. The van der Waals surface area contributed by atoms with Crippen molar-refractivity contribution in [2.45, 2.75) is 53.9 Å². The Morgan fingerprint density at radius 1 is 1.26 bits per heavy atom. The lowest BCUT2D eigenvalue weighted by molar-refractivity contribution is -0.117. The minimum atomic E-state index is 0.268. The fraction of sp³-hybridized carbons (Fsp3) is 0.588. The number of carbonyl (C=O) groups excluding carboxylic acids is 1. The molecule has 0 aromatic heterocycles. The van der Waals surface area contributed by atoms with Gasteiger partial charge in [-0.2, -0.15) is 0 Å². The summed E-state index contributed by atoms with van der Waals surface area (Å²) in [6.45, 7) is 10.9. The molecule has 2 heteroatoms.